The summed E-state index contributed by atoms with van der Waals surface area (Å²) in [5, 5.41) is 14.1. The van der Waals surface area contributed by atoms with E-state index in [0.29, 0.717) is 12.8 Å². The van der Waals surface area contributed by atoms with Crippen molar-refractivity contribution in [2.24, 2.45) is 0 Å². The molecule has 2 amide bonds. The maximum atomic E-state index is 13.6. The lowest BCUT2D eigenvalue weighted by Gasteiger charge is -2.13. The fourth-order valence-electron chi connectivity index (χ4n) is 2.24. The third-order valence-electron chi connectivity index (χ3n) is 3.42. The zero-order chi connectivity index (χ0) is 14.7. The van der Waals surface area contributed by atoms with Crippen molar-refractivity contribution >= 4 is 6.03 Å². The number of aliphatic hydroxyl groups excluding tert-OH is 1. The lowest BCUT2D eigenvalue weighted by atomic mass is 10.1. The first-order valence-electron chi connectivity index (χ1n) is 6.64. The molecule has 0 heterocycles. The SMILES string of the molecule is C[C@H](CCO)NC(=O)NC1CC1c1c(F)cccc1F. The molecule has 0 bridgehead atoms. The van der Waals surface area contributed by atoms with Gasteiger partial charge in [-0.3, -0.25) is 0 Å². The summed E-state index contributed by atoms with van der Waals surface area (Å²) in [6.07, 6.45) is 0.989. The first-order chi connectivity index (χ1) is 9.52. The van der Waals surface area contributed by atoms with Gasteiger partial charge in [0.2, 0.25) is 0 Å². The first kappa shape index (κ1) is 14.7. The summed E-state index contributed by atoms with van der Waals surface area (Å²) in [4.78, 5) is 11.6. The lowest BCUT2D eigenvalue weighted by molar-refractivity contribution is 0.230. The van der Waals surface area contributed by atoms with E-state index in [1.165, 1.54) is 18.2 Å². The van der Waals surface area contributed by atoms with E-state index in [1.54, 1.807) is 6.92 Å². The number of nitrogens with one attached hydrogen (secondary N) is 2. The van der Waals surface area contributed by atoms with Gasteiger partial charge in [-0.1, -0.05) is 6.07 Å². The van der Waals surface area contributed by atoms with Gasteiger partial charge >= 0.3 is 6.03 Å². The molecule has 1 aliphatic carbocycles. The van der Waals surface area contributed by atoms with Crippen LogP contribution in [0.2, 0.25) is 0 Å². The van der Waals surface area contributed by atoms with E-state index in [9.17, 15) is 13.6 Å². The standard InChI is InChI=1S/C14H18F2N2O2/c1-8(5-6-19)17-14(20)18-12-7-9(12)13-10(15)3-2-4-11(13)16/h2-4,8-9,12,19H,5-7H2,1H3,(H2,17,18,20)/t8-,9?,12?/m1/s1. The van der Waals surface area contributed by atoms with Gasteiger partial charge < -0.3 is 15.7 Å². The van der Waals surface area contributed by atoms with E-state index in [0.717, 1.165) is 0 Å². The molecule has 0 radical (unpaired) electrons. The van der Waals surface area contributed by atoms with Crippen LogP contribution in [0.5, 0.6) is 0 Å². The van der Waals surface area contributed by atoms with Gasteiger partial charge in [0.05, 0.1) is 0 Å². The van der Waals surface area contributed by atoms with Gasteiger partial charge in [0.25, 0.3) is 0 Å². The number of carbonyl (C=O) groups is 1. The maximum absolute atomic E-state index is 13.6. The third kappa shape index (κ3) is 3.45. The number of hydrogen-bond donors (Lipinski definition) is 3. The Balaban J connectivity index is 1.88. The second-order valence-corrected chi connectivity index (χ2v) is 5.12. The Morgan fingerprint density at radius 2 is 2.10 bits per heavy atom. The van der Waals surface area contributed by atoms with Crippen LogP contribution in [-0.2, 0) is 0 Å². The molecule has 1 fully saturated rings. The van der Waals surface area contributed by atoms with Crippen molar-refractivity contribution in [2.45, 2.75) is 37.8 Å². The van der Waals surface area contributed by atoms with E-state index in [-0.39, 0.29) is 36.2 Å². The van der Waals surface area contributed by atoms with Crippen LogP contribution >= 0.6 is 0 Å². The Hall–Kier alpha value is -1.69. The molecule has 0 aromatic heterocycles. The Morgan fingerprint density at radius 3 is 2.70 bits per heavy atom. The molecule has 1 aromatic rings. The van der Waals surface area contributed by atoms with Crippen LogP contribution in [0.25, 0.3) is 0 Å². The number of hydrogen-bond acceptors (Lipinski definition) is 2. The Morgan fingerprint density at radius 1 is 1.45 bits per heavy atom. The molecule has 2 unspecified atom stereocenters. The van der Waals surface area contributed by atoms with Crippen molar-refractivity contribution in [3.63, 3.8) is 0 Å². The number of urea groups is 1. The summed E-state index contributed by atoms with van der Waals surface area (Å²) in [5.41, 5.74) is 0.0428. The predicted molar refractivity (Wildman–Crippen MR) is 70.3 cm³/mol. The number of halogens is 2. The van der Waals surface area contributed by atoms with Gasteiger partial charge in [0.1, 0.15) is 11.6 Å². The van der Waals surface area contributed by atoms with Crippen LogP contribution in [0.1, 0.15) is 31.2 Å². The van der Waals surface area contributed by atoms with Crippen molar-refractivity contribution < 1.29 is 18.7 Å². The topological polar surface area (TPSA) is 61.4 Å². The molecule has 20 heavy (non-hydrogen) atoms. The molecule has 0 spiro atoms. The number of carbonyl (C=O) groups excluding carboxylic acids is 1. The normalized spacial score (nSPS) is 22.2. The van der Waals surface area contributed by atoms with E-state index in [1.807, 2.05) is 0 Å². The summed E-state index contributed by atoms with van der Waals surface area (Å²) >= 11 is 0. The number of rotatable bonds is 5. The number of benzene rings is 1. The summed E-state index contributed by atoms with van der Waals surface area (Å²) in [6.45, 7) is 1.77. The number of amides is 2. The van der Waals surface area contributed by atoms with Crippen LogP contribution in [0.4, 0.5) is 13.6 Å². The highest BCUT2D eigenvalue weighted by Gasteiger charge is 2.42. The van der Waals surface area contributed by atoms with Crippen LogP contribution in [-0.4, -0.2) is 29.8 Å². The fourth-order valence-corrected chi connectivity index (χ4v) is 2.24. The minimum Gasteiger partial charge on any atom is -0.396 e. The van der Waals surface area contributed by atoms with Crippen molar-refractivity contribution in [2.75, 3.05) is 6.61 Å². The maximum Gasteiger partial charge on any atom is 0.315 e. The molecule has 1 aromatic carbocycles. The van der Waals surface area contributed by atoms with Gasteiger partial charge in [0, 0.05) is 30.2 Å². The van der Waals surface area contributed by atoms with Gasteiger partial charge in [-0.2, -0.15) is 0 Å². The number of aliphatic hydroxyl groups is 1. The highest BCUT2D eigenvalue weighted by Crippen LogP contribution is 2.42. The fraction of sp³-hybridized carbons (Fsp3) is 0.500. The molecule has 110 valence electrons. The van der Waals surface area contributed by atoms with E-state index < -0.39 is 11.6 Å². The Bertz CT molecular complexity index is 476. The molecular weight excluding hydrogens is 266 g/mol. The quantitative estimate of drug-likeness (QED) is 0.773. The van der Waals surface area contributed by atoms with Crippen LogP contribution in [0.15, 0.2) is 18.2 Å². The molecule has 2 rings (SSSR count). The molecule has 3 N–H and O–H groups in total. The van der Waals surface area contributed by atoms with E-state index in [2.05, 4.69) is 10.6 Å². The molecule has 4 nitrogen and oxygen atoms in total. The van der Waals surface area contributed by atoms with Gasteiger partial charge in [-0.25, -0.2) is 13.6 Å². The lowest BCUT2D eigenvalue weighted by Crippen LogP contribution is -2.42. The summed E-state index contributed by atoms with van der Waals surface area (Å²) in [6, 6.07) is 2.98. The Labute approximate surface area is 116 Å². The minimum absolute atomic E-state index is 0.00601. The second kappa shape index (κ2) is 6.17. The van der Waals surface area contributed by atoms with Crippen LogP contribution in [0, 0.1) is 11.6 Å². The second-order valence-electron chi connectivity index (χ2n) is 5.12. The zero-order valence-electron chi connectivity index (χ0n) is 11.2. The van der Waals surface area contributed by atoms with Gasteiger partial charge in [0.15, 0.2) is 0 Å². The highest BCUT2D eigenvalue weighted by atomic mass is 19.1. The molecule has 1 saturated carbocycles. The molecule has 0 saturated heterocycles. The van der Waals surface area contributed by atoms with Crippen molar-refractivity contribution in [3.05, 3.63) is 35.4 Å². The predicted octanol–water partition coefficient (Wildman–Crippen LogP) is 1.89. The van der Waals surface area contributed by atoms with Crippen molar-refractivity contribution in [1.29, 1.82) is 0 Å². The molecular formula is C14H18F2N2O2. The van der Waals surface area contributed by atoms with Crippen molar-refractivity contribution in [3.8, 4) is 0 Å². The highest BCUT2D eigenvalue weighted by molar-refractivity contribution is 5.75. The monoisotopic (exact) mass is 284 g/mol. The summed E-state index contributed by atoms with van der Waals surface area (Å²) in [7, 11) is 0. The average Bonchev–Trinajstić information content (AvgIpc) is 3.07. The van der Waals surface area contributed by atoms with E-state index >= 15 is 0 Å². The summed E-state index contributed by atoms with van der Waals surface area (Å²) < 4.78 is 27.1. The average molecular weight is 284 g/mol. The molecule has 3 atom stereocenters. The van der Waals surface area contributed by atoms with Crippen molar-refractivity contribution in [1.82, 2.24) is 10.6 Å². The smallest absolute Gasteiger partial charge is 0.315 e. The van der Waals surface area contributed by atoms with Crippen LogP contribution in [0.3, 0.4) is 0 Å². The molecule has 6 heteroatoms. The van der Waals surface area contributed by atoms with Gasteiger partial charge in [-0.15, -0.1) is 0 Å². The molecule has 0 aliphatic heterocycles. The third-order valence-corrected chi connectivity index (χ3v) is 3.42. The first-order valence-corrected chi connectivity index (χ1v) is 6.64. The minimum atomic E-state index is -0.576. The molecule has 1 aliphatic rings. The largest absolute Gasteiger partial charge is 0.396 e. The summed E-state index contributed by atoms with van der Waals surface area (Å²) in [5.74, 6) is -1.46. The van der Waals surface area contributed by atoms with E-state index in [4.69, 9.17) is 5.11 Å². The van der Waals surface area contributed by atoms with Crippen LogP contribution < -0.4 is 10.6 Å². The van der Waals surface area contributed by atoms with Gasteiger partial charge in [-0.05, 0) is 31.9 Å². The zero-order valence-corrected chi connectivity index (χ0v) is 11.2. The Kier molecular flexibility index (Phi) is 4.54.